The lowest BCUT2D eigenvalue weighted by molar-refractivity contribution is 0.598. The van der Waals surface area contributed by atoms with E-state index in [9.17, 15) is 0 Å². The van der Waals surface area contributed by atoms with Gasteiger partial charge in [-0.25, -0.2) is 4.68 Å². The van der Waals surface area contributed by atoms with Crippen molar-refractivity contribution in [2.45, 2.75) is 39.3 Å². The van der Waals surface area contributed by atoms with Crippen molar-refractivity contribution in [1.82, 2.24) is 9.78 Å². The van der Waals surface area contributed by atoms with Crippen LogP contribution in [0.2, 0.25) is 0 Å². The van der Waals surface area contributed by atoms with Gasteiger partial charge in [0.2, 0.25) is 0 Å². The minimum absolute atomic E-state index is 0.555. The molecular weight excluding hydrogens is 220 g/mol. The summed E-state index contributed by atoms with van der Waals surface area (Å²) in [4.78, 5) is 0. The SMILES string of the molecule is CCCn1nc(C)c(N)c1NC1CCSC1. The molecular formula is C11H20N4S. The molecule has 2 heterocycles. The molecule has 3 N–H and O–H groups in total. The number of nitrogens with one attached hydrogen (secondary N) is 1. The van der Waals surface area contributed by atoms with Crippen LogP contribution in [0.4, 0.5) is 11.5 Å². The van der Waals surface area contributed by atoms with Gasteiger partial charge in [-0.2, -0.15) is 16.9 Å². The molecule has 2 rings (SSSR count). The molecule has 0 saturated carbocycles. The highest BCUT2D eigenvalue weighted by atomic mass is 32.2. The summed E-state index contributed by atoms with van der Waals surface area (Å²) in [7, 11) is 0. The highest BCUT2D eigenvalue weighted by Gasteiger charge is 2.19. The molecule has 4 nitrogen and oxygen atoms in total. The lowest BCUT2D eigenvalue weighted by Gasteiger charge is -2.15. The Morgan fingerprint density at radius 1 is 1.62 bits per heavy atom. The molecule has 1 aromatic heterocycles. The molecule has 1 saturated heterocycles. The van der Waals surface area contributed by atoms with Crippen LogP contribution in [0.15, 0.2) is 0 Å². The number of nitrogens with zero attached hydrogens (tertiary/aromatic N) is 2. The second kappa shape index (κ2) is 4.99. The molecule has 1 aliphatic heterocycles. The van der Waals surface area contributed by atoms with Crippen molar-refractivity contribution < 1.29 is 0 Å². The van der Waals surface area contributed by atoms with Crippen molar-refractivity contribution in [2.24, 2.45) is 0 Å². The second-order valence-electron chi connectivity index (χ2n) is 4.28. The molecule has 0 aliphatic carbocycles. The van der Waals surface area contributed by atoms with E-state index in [1.165, 1.54) is 17.9 Å². The van der Waals surface area contributed by atoms with E-state index in [0.717, 1.165) is 30.2 Å². The third-order valence-corrected chi connectivity index (χ3v) is 4.04. The molecule has 1 atom stereocenters. The minimum Gasteiger partial charge on any atom is -0.394 e. The maximum absolute atomic E-state index is 6.06. The first-order valence-electron chi connectivity index (χ1n) is 5.89. The maximum atomic E-state index is 6.06. The highest BCUT2D eigenvalue weighted by molar-refractivity contribution is 7.99. The Labute approximate surface area is 101 Å². The Bertz CT molecular complexity index is 355. The summed E-state index contributed by atoms with van der Waals surface area (Å²) >= 11 is 2.00. The maximum Gasteiger partial charge on any atom is 0.148 e. The molecule has 0 amide bonds. The average Bonchev–Trinajstić information content (AvgIpc) is 2.84. The first kappa shape index (κ1) is 11.6. The number of rotatable bonds is 4. The van der Waals surface area contributed by atoms with Gasteiger partial charge < -0.3 is 11.1 Å². The Morgan fingerprint density at radius 3 is 3.06 bits per heavy atom. The Morgan fingerprint density at radius 2 is 2.44 bits per heavy atom. The fourth-order valence-electron chi connectivity index (χ4n) is 1.96. The zero-order valence-electron chi connectivity index (χ0n) is 9.99. The lowest BCUT2D eigenvalue weighted by atomic mass is 10.2. The van der Waals surface area contributed by atoms with Crippen molar-refractivity contribution >= 4 is 23.3 Å². The lowest BCUT2D eigenvalue weighted by Crippen LogP contribution is -2.21. The van der Waals surface area contributed by atoms with Gasteiger partial charge >= 0.3 is 0 Å². The summed E-state index contributed by atoms with van der Waals surface area (Å²) < 4.78 is 2.01. The summed E-state index contributed by atoms with van der Waals surface area (Å²) in [6.07, 6.45) is 2.30. The van der Waals surface area contributed by atoms with Gasteiger partial charge in [0.05, 0.1) is 11.4 Å². The normalized spacial score (nSPS) is 20.2. The Balaban J connectivity index is 2.16. The third-order valence-electron chi connectivity index (χ3n) is 2.88. The van der Waals surface area contributed by atoms with E-state index in [0.29, 0.717) is 6.04 Å². The summed E-state index contributed by atoms with van der Waals surface area (Å²) in [5.41, 5.74) is 7.80. The van der Waals surface area contributed by atoms with Crippen LogP contribution in [-0.2, 0) is 6.54 Å². The number of hydrogen-bond acceptors (Lipinski definition) is 4. The monoisotopic (exact) mass is 240 g/mol. The summed E-state index contributed by atoms with van der Waals surface area (Å²) in [5.74, 6) is 3.45. The van der Waals surface area contributed by atoms with Crippen LogP contribution in [-0.4, -0.2) is 27.3 Å². The van der Waals surface area contributed by atoms with Gasteiger partial charge in [-0.1, -0.05) is 6.92 Å². The Hall–Kier alpha value is -0.840. The summed E-state index contributed by atoms with van der Waals surface area (Å²) in [6, 6.07) is 0.555. The predicted octanol–water partition coefficient (Wildman–Crippen LogP) is 2.10. The van der Waals surface area contributed by atoms with E-state index in [1.54, 1.807) is 0 Å². The molecule has 1 unspecified atom stereocenters. The summed E-state index contributed by atoms with van der Waals surface area (Å²) in [5, 5.41) is 8.00. The van der Waals surface area contributed by atoms with E-state index in [1.807, 2.05) is 23.4 Å². The van der Waals surface area contributed by atoms with E-state index < -0.39 is 0 Å². The van der Waals surface area contributed by atoms with Crippen LogP contribution in [0, 0.1) is 6.92 Å². The molecule has 0 radical (unpaired) electrons. The largest absolute Gasteiger partial charge is 0.394 e. The van der Waals surface area contributed by atoms with Gasteiger partial charge in [0.25, 0.3) is 0 Å². The number of thioether (sulfide) groups is 1. The predicted molar refractivity (Wildman–Crippen MR) is 71.0 cm³/mol. The molecule has 0 bridgehead atoms. The minimum atomic E-state index is 0.555. The molecule has 0 aromatic carbocycles. The van der Waals surface area contributed by atoms with Gasteiger partial charge in [0, 0.05) is 18.3 Å². The Kier molecular flexibility index (Phi) is 3.63. The molecule has 1 aliphatic rings. The van der Waals surface area contributed by atoms with Crippen LogP contribution in [0.25, 0.3) is 0 Å². The van der Waals surface area contributed by atoms with Crippen LogP contribution >= 0.6 is 11.8 Å². The summed E-state index contributed by atoms with van der Waals surface area (Å²) in [6.45, 7) is 5.05. The van der Waals surface area contributed by atoms with Crippen molar-refractivity contribution in [3.8, 4) is 0 Å². The van der Waals surface area contributed by atoms with Crippen LogP contribution in [0.1, 0.15) is 25.5 Å². The van der Waals surface area contributed by atoms with E-state index in [2.05, 4.69) is 17.3 Å². The van der Waals surface area contributed by atoms with Crippen molar-refractivity contribution in [1.29, 1.82) is 0 Å². The second-order valence-corrected chi connectivity index (χ2v) is 5.43. The zero-order chi connectivity index (χ0) is 11.5. The number of anilines is 2. The van der Waals surface area contributed by atoms with Gasteiger partial charge in [0.1, 0.15) is 5.82 Å². The van der Waals surface area contributed by atoms with Crippen LogP contribution in [0.5, 0.6) is 0 Å². The number of nitrogen functional groups attached to an aromatic ring is 1. The quantitative estimate of drug-likeness (QED) is 0.846. The molecule has 0 spiro atoms. The first-order chi connectivity index (χ1) is 7.72. The van der Waals surface area contributed by atoms with E-state index >= 15 is 0 Å². The number of nitrogens with two attached hydrogens (primary N) is 1. The van der Waals surface area contributed by atoms with Crippen molar-refractivity contribution in [3.05, 3.63) is 5.69 Å². The average molecular weight is 240 g/mol. The molecule has 90 valence electrons. The smallest absolute Gasteiger partial charge is 0.148 e. The molecule has 1 aromatic rings. The topological polar surface area (TPSA) is 55.9 Å². The molecule has 1 fully saturated rings. The van der Waals surface area contributed by atoms with Crippen molar-refractivity contribution in [2.75, 3.05) is 22.6 Å². The van der Waals surface area contributed by atoms with Gasteiger partial charge in [0.15, 0.2) is 0 Å². The number of aryl methyl sites for hydroxylation is 2. The zero-order valence-corrected chi connectivity index (χ0v) is 10.8. The standard InChI is InChI=1S/C11H20N4S/c1-3-5-15-11(10(12)8(2)14-15)13-9-4-6-16-7-9/h9,13H,3-7,12H2,1-2H3. The molecule has 16 heavy (non-hydrogen) atoms. The third kappa shape index (κ3) is 2.29. The van der Waals surface area contributed by atoms with Gasteiger partial charge in [-0.3, -0.25) is 0 Å². The highest BCUT2D eigenvalue weighted by Crippen LogP contribution is 2.27. The fraction of sp³-hybridized carbons (Fsp3) is 0.727. The fourth-order valence-corrected chi connectivity index (χ4v) is 3.12. The van der Waals surface area contributed by atoms with Crippen LogP contribution < -0.4 is 11.1 Å². The van der Waals surface area contributed by atoms with Crippen molar-refractivity contribution in [3.63, 3.8) is 0 Å². The number of aromatic nitrogens is 2. The van der Waals surface area contributed by atoms with E-state index in [4.69, 9.17) is 5.73 Å². The van der Waals surface area contributed by atoms with Crippen LogP contribution in [0.3, 0.4) is 0 Å². The number of hydrogen-bond donors (Lipinski definition) is 2. The van der Waals surface area contributed by atoms with Gasteiger partial charge in [-0.15, -0.1) is 0 Å². The van der Waals surface area contributed by atoms with Gasteiger partial charge in [-0.05, 0) is 25.5 Å². The first-order valence-corrected chi connectivity index (χ1v) is 7.05. The molecule has 5 heteroatoms. The van der Waals surface area contributed by atoms with E-state index in [-0.39, 0.29) is 0 Å².